The van der Waals surface area contributed by atoms with Crippen LogP contribution in [0.5, 0.6) is 0 Å². The molecule has 0 saturated heterocycles. The molecule has 0 atom stereocenters. The third-order valence-corrected chi connectivity index (χ3v) is 8.60. The summed E-state index contributed by atoms with van der Waals surface area (Å²) in [5, 5.41) is 3.49. The van der Waals surface area contributed by atoms with E-state index in [2.05, 4.69) is 10.6 Å². The Balaban J connectivity index is 0.00000506. The molecule has 0 aliphatic carbocycles. The summed E-state index contributed by atoms with van der Waals surface area (Å²) in [5.41, 5.74) is 6.60. The topological polar surface area (TPSA) is 250 Å². The molecule has 4 rings (SSSR count). The van der Waals surface area contributed by atoms with Gasteiger partial charge in [0.2, 0.25) is 0 Å². The minimum absolute atomic E-state index is 0. The van der Waals surface area contributed by atoms with Gasteiger partial charge in [0.15, 0.2) is 0 Å². The van der Waals surface area contributed by atoms with Crippen LogP contribution in [0, 0.1) is 6.92 Å². The number of nitrogens with one attached hydrogen (secondary N) is 2. The van der Waals surface area contributed by atoms with Crippen molar-refractivity contribution in [2.45, 2.75) is 21.6 Å². The minimum Gasteiger partial charge on any atom is -0.744 e. The van der Waals surface area contributed by atoms with Crippen molar-refractivity contribution < 1.29 is 78.1 Å². The van der Waals surface area contributed by atoms with Crippen molar-refractivity contribution in [3.63, 3.8) is 0 Å². The van der Waals surface area contributed by atoms with Crippen LogP contribution < -0.4 is 45.9 Å². The van der Waals surface area contributed by atoms with Gasteiger partial charge in [0.05, 0.1) is 10.6 Å². The Morgan fingerprint density at radius 2 is 1.33 bits per heavy atom. The molecule has 18 heteroatoms. The van der Waals surface area contributed by atoms with Gasteiger partial charge in [-0.2, -0.15) is 16.8 Å². The molecule has 14 nitrogen and oxygen atoms in total. The van der Waals surface area contributed by atoms with Gasteiger partial charge < -0.3 is 20.9 Å². The van der Waals surface area contributed by atoms with Crippen LogP contribution in [-0.2, 0) is 30.4 Å². The van der Waals surface area contributed by atoms with E-state index in [0.29, 0.717) is 23.4 Å². The molecule has 0 unspecified atom stereocenters. The third kappa shape index (κ3) is 7.58. The van der Waals surface area contributed by atoms with Gasteiger partial charge in [0, 0.05) is 33.3 Å². The molecule has 0 heterocycles. The first kappa shape index (κ1) is 34.1. The van der Waals surface area contributed by atoms with Crippen LogP contribution in [0.1, 0.15) is 26.3 Å². The summed E-state index contributed by atoms with van der Waals surface area (Å²) in [6.07, 6.45) is 0. The zero-order valence-electron chi connectivity index (χ0n) is 22.2. The largest absolute Gasteiger partial charge is 1.00 e. The quantitative estimate of drug-likeness (QED) is 0.0971. The Bertz CT molecular complexity index is 2130. The monoisotopic (exact) mass is 657 g/mol. The Morgan fingerprint density at radius 1 is 0.744 bits per heavy atom. The van der Waals surface area contributed by atoms with Crippen molar-refractivity contribution in [3.05, 3.63) is 83.4 Å². The second-order valence-corrected chi connectivity index (χ2v) is 13.1. The number of fused-ring (bicyclic) bond motifs is 1. The van der Waals surface area contributed by atoms with Crippen molar-refractivity contribution in [3.8, 4) is 0 Å². The molecule has 4 aromatic carbocycles. The molecule has 2 amide bonds. The average Bonchev–Trinajstić information content (AvgIpc) is 2.87. The summed E-state index contributed by atoms with van der Waals surface area (Å²) in [5.74, 6) is -1.44. The number of hydrogen-bond acceptors (Lipinski definition) is 10. The van der Waals surface area contributed by atoms with Gasteiger partial charge in [0.25, 0.3) is 32.1 Å². The maximum absolute atomic E-state index is 13.2. The molecule has 4 aromatic rings. The molecule has 0 aliphatic heterocycles. The molecule has 0 bridgehead atoms. The van der Waals surface area contributed by atoms with Crippen molar-refractivity contribution in [1.82, 2.24) is 0 Å². The number of nitrogens with two attached hydrogens (primary N) is 1. The van der Waals surface area contributed by atoms with Gasteiger partial charge in [-0.05, 0) is 67.1 Å². The van der Waals surface area contributed by atoms with E-state index < -0.39 is 73.3 Å². The zero-order chi connectivity index (χ0) is 31.2. The fourth-order valence-corrected chi connectivity index (χ4v) is 6.07. The molecular weight excluding hydrogens is 637 g/mol. The molecule has 0 fully saturated rings. The summed E-state index contributed by atoms with van der Waals surface area (Å²) in [6.45, 7) is 1.65. The van der Waals surface area contributed by atoms with Gasteiger partial charge in [-0.15, -0.1) is 0 Å². The Hall–Kier alpha value is -3.39. The van der Waals surface area contributed by atoms with E-state index in [1.54, 1.807) is 19.1 Å². The number of anilines is 3. The van der Waals surface area contributed by atoms with Gasteiger partial charge in [-0.3, -0.25) is 18.7 Å². The molecule has 0 aromatic heterocycles. The first-order valence-corrected chi connectivity index (χ1v) is 15.8. The number of nitrogen functional groups attached to an aromatic ring is 1. The van der Waals surface area contributed by atoms with Gasteiger partial charge >= 0.3 is 29.6 Å². The number of amides is 2. The fraction of sp³-hybridized carbons (Fsp3) is 0.0400. The first-order valence-electron chi connectivity index (χ1n) is 11.5. The molecule has 220 valence electrons. The molecule has 43 heavy (non-hydrogen) atoms. The molecule has 6 N–H and O–H groups in total. The van der Waals surface area contributed by atoms with E-state index in [9.17, 15) is 48.5 Å². The van der Waals surface area contributed by atoms with E-state index >= 15 is 0 Å². The normalized spacial score (nSPS) is 11.9. The first-order chi connectivity index (χ1) is 19.4. The van der Waals surface area contributed by atoms with E-state index in [-0.39, 0.29) is 46.4 Å². The Labute approximate surface area is 267 Å². The fourth-order valence-electron chi connectivity index (χ4n) is 4.04. The summed E-state index contributed by atoms with van der Waals surface area (Å²) >= 11 is 0. The van der Waals surface area contributed by atoms with Crippen LogP contribution in [0.4, 0.5) is 17.1 Å². The van der Waals surface area contributed by atoms with Crippen LogP contribution in [0.3, 0.4) is 0 Å². The maximum atomic E-state index is 13.2. The molecule has 0 saturated carbocycles. The van der Waals surface area contributed by atoms with Crippen molar-refractivity contribution >= 4 is 70.0 Å². The summed E-state index contributed by atoms with van der Waals surface area (Å²) < 4.78 is 103. The van der Waals surface area contributed by atoms with E-state index in [0.717, 1.165) is 12.1 Å². The van der Waals surface area contributed by atoms with Crippen LogP contribution >= 0.6 is 0 Å². The second kappa shape index (κ2) is 12.3. The second-order valence-electron chi connectivity index (χ2n) is 8.92. The van der Waals surface area contributed by atoms with E-state index in [1.165, 1.54) is 30.3 Å². The number of aryl methyl sites for hydroxylation is 1. The van der Waals surface area contributed by atoms with Crippen LogP contribution in [-0.4, -0.2) is 50.7 Å². The third-order valence-electron chi connectivity index (χ3n) is 6.00. The number of rotatable bonds is 7. The van der Waals surface area contributed by atoms with E-state index in [4.69, 9.17) is 5.73 Å². The minimum atomic E-state index is -5.39. The molecule has 0 aliphatic rings. The standard InChI is InChI=1S/C25H21N3O11S3.Na/c1-13-5-6-15(10-20(13)28-24(29)14-3-2-4-16(26)9-14)25(30)27-19-7-8-21(41(34,35)36)18-11-17(40(31,32)33)12-22(23(18)19)42(37,38)39;/h2-12H,26H2,1H3,(H,27,30)(H,28,29)(H,31,32,33)(H,34,35,36)(H,37,38,39);/q;+1/p-1. The van der Waals surface area contributed by atoms with Crippen molar-refractivity contribution in [1.29, 1.82) is 0 Å². The van der Waals surface area contributed by atoms with Gasteiger partial charge in [-0.25, -0.2) is 8.42 Å². The number of hydrogen-bond donors (Lipinski definition) is 5. The molecule has 0 spiro atoms. The Morgan fingerprint density at radius 3 is 1.88 bits per heavy atom. The predicted octanol–water partition coefficient (Wildman–Crippen LogP) is -0.363. The van der Waals surface area contributed by atoms with Crippen LogP contribution in [0.2, 0.25) is 0 Å². The number of carbonyl (C=O) groups excluding carboxylic acids is 2. The van der Waals surface area contributed by atoms with Crippen LogP contribution in [0.15, 0.2) is 81.4 Å². The van der Waals surface area contributed by atoms with Gasteiger partial charge in [0.1, 0.15) is 19.9 Å². The Kier molecular flexibility index (Phi) is 9.76. The van der Waals surface area contributed by atoms with E-state index in [1.807, 2.05) is 0 Å². The number of benzene rings is 4. The van der Waals surface area contributed by atoms with Crippen LogP contribution in [0.25, 0.3) is 10.8 Å². The molecule has 0 radical (unpaired) electrons. The predicted molar refractivity (Wildman–Crippen MR) is 149 cm³/mol. The maximum Gasteiger partial charge on any atom is 1.00 e. The zero-order valence-corrected chi connectivity index (χ0v) is 26.7. The summed E-state index contributed by atoms with van der Waals surface area (Å²) in [7, 11) is -15.9. The average molecular weight is 658 g/mol. The SMILES string of the molecule is Cc1ccc(C(=O)Nc2ccc(S(=O)(=O)O)c3cc(S(=O)(=O)[O-])cc(S(=O)(=O)O)c23)cc1NC(=O)c1cccc(N)c1.[Na+]. The van der Waals surface area contributed by atoms with Crippen molar-refractivity contribution in [2.75, 3.05) is 16.4 Å². The number of carbonyl (C=O) groups is 2. The smallest absolute Gasteiger partial charge is 0.744 e. The summed E-state index contributed by atoms with van der Waals surface area (Å²) in [4.78, 5) is 22.5. The molecular formula is C25H20N3NaO11S3. The van der Waals surface area contributed by atoms with Crippen molar-refractivity contribution in [2.24, 2.45) is 0 Å². The summed E-state index contributed by atoms with van der Waals surface area (Å²) in [6, 6.07) is 12.7. The van der Waals surface area contributed by atoms with Gasteiger partial charge in [-0.1, -0.05) is 12.1 Å².